The standard InChI is InChI=1S/C29H27ClF3NO3/c1-17(29(31,32)33)27(21-11-7-19(8-12-21)18-5-3-2-4-6-18)28(37)34-25-15-22(13-14-24(25)30)23(16-26(35)36)20-9-10-20/h2-8,11-15,17,20,23,27H,9-10,16H2,1H3,(H,34,37)(H,35,36)/t17-,23+,27-/m1/s1. The van der Waals surface area contributed by atoms with Crippen molar-refractivity contribution in [2.45, 2.75) is 44.2 Å². The van der Waals surface area contributed by atoms with Gasteiger partial charge in [-0.1, -0.05) is 79.2 Å². The third-order valence-electron chi connectivity index (χ3n) is 6.94. The Labute approximate surface area is 218 Å². The number of benzene rings is 3. The van der Waals surface area contributed by atoms with Gasteiger partial charge in [0.05, 0.1) is 29.0 Å². The average Bonchev–Trinajstić information content (AvgIpc) is 3.70. The zero-order valence-corrected chi connectivity index (χ0v) is 20.9. The quantitative estimate of drug-likeness (QED) is 0.296. The van der Waals surface area contributed by atoms with E-state index in [1.54, 1.807) is 42.5 Å². The number of hydrogen-bond donors (Lipinski definition) is 2. The second kappa shape index (κ2) is 11.0. The molecular weight excluding hydrogens is 503 g/mol. The molecule has 0 radical (unpaired) electrons. The van der Waals surface area contributed by atoms with E-state index in [9.17, 15) is 27.9 Å². The molecule has 0 spiro atoms. The lowest BCUT2D eigenvalue weighted by atomic mass is 9.85. The first-order chi connectivity index (χ1) is 17.5. The van der Waals surface area contributed by atoms with Crippen LogP contribution in [0.4, 0.5) is 18.9 Å². The monoisotopic (exact) mass is 529 g/mol. The number of carboxylic acids is 1. The molecule has 1 aliphatic rings. The molecule has 0 aromatic heterocycles. The maximum Gasteiger partial charge on any atom is 0.392 e. The summed E-state index contributed by atoms with van der Waals surface area (Å²) in [6.07, 6.45) is -2.86. The zero-order chi connectivity index (χ0) is 26.7. The highest BCUT2D eigenvalue weighted by molar-refractivity contribution is 6.33. The van der Waals surface area contributed by atoms with Crippen LogP contribution in [-0.4, -0.2) is 23.2 Å². The molecule has 4 rings (SSSR count). The van der Waals surface area contributed by atoms with E-state index >= 15 is 0 Å². The lowest BCUT2D eigenvalue weighted by molar-refractivity contribution is -0.178. The van der Waals surface area contributed by atoms with Crippen molar-refractivity contribution < 1.29 is 27.9 Å². The maximum absolute atomic E-state index is 13.8. The van der Waals surface area contributed by atoms with Gasteiger partial charge >= 0.3 is 12.1 Å². The molecular formula is C29H27ClF3NO3. The summed E-state index contributed by atoms with van der Waals surface area (Å²) in [4.78, 5) is 24.7. The van der Waals surface area contributed by atoms with Crippen LogP contribution in [-0.2, 0) is 9.59 Å². The number of aliphatic carboxylic acids is 1. The predicted molar refractivity (Wildman–Crippen MR) is 138 cm³/mol. The Kier molecular flexibility index (Phi) is 7.93. The van der Waals surface area contributed by atoms with Gasteiger partial charge in [0.15, 0.2) is 0 Å². The van der Waals surface area contributed by atoms with Gasteiger partial charge in [-0.25, -0.2) is 0 Å². The van der Waals surface area contributed by atoms with Crippen LogP contribution in [0.5, 0.6) is 0 Å². The molecule has 37 heavy (non-hydrogen) atoms. The highest BCUT2D eigenvalue weighted by Crippen LogP contribution is 2.46. The Morgan fingerprint density at radius 1 is 0.973 bits per heavy atom. The fourth-order valence-corrected chi connectivity index (χ4v) is 4.86. The molecule has 0 bridgehead atoms. The van der Waals surface area contributed by atoms with Gasteiger partial charge in [0, 0.05) is 0 Å². The summed E-state index contributed by atoms with van der Waals surface area (Å²) in [5.41, 5.74) is 2.83. The molecule has 0 heterocycles. The minimum Gasteiger partial charge on any atom is -0.481 e. The minimum absolute atomic E-state index is 0.0683. The Morgan fingerprint density at radius 3 is 2.14 bits per heavy atom. The summed E-state index contributed by atoms with van der Waals surface area (Å²) < 4.78 is 41.5. The second-order valence-electron chi connectivity index (χ2n) is 9.57. The highest BCUT2D eigenvalue weighted by Gasteiger charge is 2.45. The fourth-order valence-electron chi connectivity index (χ4n) is 4.69. The molecule has 0 unspecified atom stereocenters. The number of alkyl halides is 3. The van der Waals surface area contributed by atoms with Gasteiger partial charge in [0.25, 0.3) is 0 Å². The van der Waals surface area contributed by atoms with Gasteiger partial charge in [0.2, 0.25) is 5.91 Å². The van der Waals surface area contributed by atoms with Crippen molar-refractivity contribution in [2.24, 2.45) is 11.8 Å². The third kappa shape index (κ3) is 6.52. The van der Waals surface area contributed by atoms with E-state index in [0.717, 1.165) is 30.9 Å². The first-order valence-corrected chi connectivity index (χ1v) is 12.5. The van der Waals surface area contributed by atoms with Gasteiger partial charge in [-0.05, 0) is 59.1 Å². The number of halogens is 4. The lowest BCUT2D eigenvalue weighted by Gasteiger charge is -2.26. The van der Waals surface area contributed by atoms with Gasteiger partial charge in [-0.2, -0.15) is 13.2 Å². The Hall–Kier alpha value is -3.32. The molecule has 3 aromatic carbocycles. The number of amides is 1. The molecule has 2 N–H and O–H groups in total. The molecule has 1 saturated carbocycles. The maximum atomic E-state index is 13.8. The van der Waals surface area contributed by atoms with E-state index in [4.69, 9.17) is 11.6 Å². The van der Waals surface area contributed by atoms with E-state index in [1.165, 1.54) is 0 Å². The van der Waals surface area contributed by atoms with E-state index in [0.29, 0.717) is 5.56 Å². The van der Waals surface area contributed by atoms with Gasteiger partial charge < -0.3 is 10.4 Å². The summed E-state index contributed by atoms with van der Waals surface area (Å²) in [6.45, 7) is 0.989. The highest BCUT2D eigenvalue weighted by atomic mass is 35.5. The molecule has 3 aromatic rings. The van der Waals surface area contributed by atoms with Crippen molar-refractivity contribution in [3.05, 3.63) is 88.9 Å². The van der Waals surface area contributed by atoms with Crippen molar-refractivity contribution in [3.8, 4) is 11.1 Å². The normalized spacial score (nSPS) is 16.0. The molecule has 0 aliphatic heterocycles. The summed E-state index contributed by atoms with van der Waals surface area (Å²) in [5, 5.41) is 12.1. The van der Waals surface area contributed by atoms with Crippen LogP contribution >= 0.6 is 11.6 Å². The van der Waals surface area contributed by atoms with Crippen LogP contribution in [0, 0.1) is 11.8 Å². The van der Waals surface area contributed by atoms with E-state index < -0.39 is 29.9 Å². The SMILES string of the molecule is C[C@H]([C@@H](C(=O)Nc1cc([C@@H](CC(=O)O)C2CC2)ccc1Cl)c1ccc(-c2ccccc2)cc1)C(F)(F)F. The number of hydrogen-bond acceptors (Lipinski definition) is 2. The van der Waals surface area contributed by atoms with Crippen molar-refractivity contribution >= 4 is 29.2 Å². The van der Waals surface area contributed by atoms with Gasteiger partial charge in [-0.15, -0.1) is 0 Å². The fraction of sp³-hybridized carbons (Fsp3) is 0.310. The molecule has 3 atom stereocenters. The molecule has 1 amide bonds. The number of rotatable bonds is 9. The average molecular weight is 530 g/mol. The first-order valence-electron chi connectivity index (χ1n) is 12.1. The minimum atomic E-state index is -4.61. The second-order valence-corrected chi connectivity index (χ2v) is 9.97. The first kappa shape index (κ1) is 26.7. The van der Waals surface area contributed by atoms with Crippen molar-refractivity contribution in [1.29, 1.82) is 0 Å². The van der Waals surface area contributed by atoms with Crippen molar-refractivity contribution in [2.75, 3.05) is 5.32 Å². The molecule has 194 valence electrons. The van der Waals surface area contributed by atoms with E-state index in [-0.39, 0.29) is 34.5 Å². The zero-order valence-electron chi connectivity index (χ0n) is 20.1. The largest absolute Gasteiger partial charge is 0.481 e. The van der Waals surface area contributed by atoms with Crippen molar-refractivity contribution in [1.82, 2.24) is 0 Å². The number of carbonyl (C=O) groups excluding carboxylic acids is 1. The predicted octanol–water partition coefficient (Wildman–Crippen LogP) is 7.90. The molecule has 0 saturated heterocycles. The molecule has 1 fully saturated rings. The van der Waals surface area contributed by atoms with Crippen LogP contribution in [0.15, 0.2) is 72.8 Å². The van der Waals surface area contributed by atoms with Gasteiger partial charge in [0.1, 0.15) is 0 Å². The number of carbonyl (C=O) groups is 2. The Balaban J connectivity index is 1.63. The van der Waals surface area contributed by atoms with Crippen LogP contribution in [0.1, 0.15) is 49.1 Å². The van der Waals surface area contributed by atoms with Crippen LogP contribution < -0.4 is 5.32 Å². The number of carboxylic acid groups (broad SMARTS) is 1. The Bertz CT molecular complexity index is 1260. The smallest absolute Gasteiger partial charge is 0.392 e. The topological polar surface area (TPSA) is 66.4 Å². The number of nitrogens with one attached hydrogen (secondary N) is 1. The third-order valence-corrected chi connectivity index (χ3v) is 7.27. The van der Waals surface area contributed by atoms with E-state index in [2.05, 4.69) is 5.32 Å². The number of anilines is 1. The summed E-state index contributed by atoms with van der Waals surface area (Å²) in [7, 11) is 0. The lowest BCUT2D eigenvalue weighted by Crippen LogP contribution is -2.34. The van der Waals surface area contributed by atoms with Crippen LogP contribution in [0.2, 0.25) is 5.02 Å². The van der Waals surface area contributed by atoms with Crippen LogP contribution in [0.3, 0.4) is 0 Å². The summed E-state index contributed by atoms with van der Waals surface area (Å²) in [6, 6.07) is 20.7. The molecule has 8 heteroatoms. The summed E-state index contributed by atoms with van der Waals surface area (Å²) in [5.74, 6) is -5.26. The van der Waals surface area contributed by atoms with Crippen molar-refractivity contribution in [3.63, 3.8) is 0 Å². The Morgan fingerprint density at radius 2 is 1.57 bits per heavy atom. The van der Waals surface area contributed by atoms with Gasteiger partial charge in [-0.3, -0.25) is 9.59 Å². The molecule has 4 nitrogen and oxygen atoms in total. The molecule has 1 aliphatic carbocycles. The summed E-state index contributed by atoms with van der Waals surface area (Å²) >= 11 is 6.30. The van der Waals surface area contributed by atoms with Crippen LogP contribution in [0.25, 0.3) is 11.1 Å². The van der Waals surface area contributed by atoms with E-state index in [1.807, 2.05) is 30.3 Å².